The molecule has 0 aromatic carbocycles. The van der Waals surface area contributed by atoms with Gasteiger partial charge in [-0.2, -0.15) is 5.26 Å². The Bertz CT molecular complexity index is 801. The molecule has 0 spiro atoms. The molecule has 0 aliphatic carbocycles. The molecule has 0 fully saturated rings. The van der Waals surface area contributed by atoms with E-state index in [-0.39, 0.29) is 29.9 Å². The molecule has 1 aliphatic rings. The largest absolute Gasteiger partial charge is 0.341 e. The van der Waals surface area contributed by atoms with Crippen LogP contribution in [0.1, 0.15) is 45.4 Å². The van der Waals surface area contributed by atoms with Crippen LogP contribution < -0.4 is 11.2 Å². The number of carbonyl (C=O) groups is 1. The van der Waals surface area contributed by atoms with Crippen molar-refractivity contribution in [1.29, 1.82) is 5.26 Å². The Labute approximate surface area is 147 Å². The third kappa shape index (κ3) is 4.01. The summed E-state index contributed by atoms with van der Waals surface area (Å²) in [5.41, 5.74) is -0.645. The van der Waals surface area contributed by atoms with Gasteiger partial charge in [-0.15, -0.1) is 0 Å². The summed E-state index contributed by atoms with van der Waals surface area (Å²) in [7, 11) is 0. The summed E-state index contributed by atoms with van der Waals surface area (Å²) in [6, 6.07) is 1.91. The van der Waals surface area contributed by atoms with Crippen LogP contribution in [0.15, 0.2) is 9.59 Å². The number of nitrogens with zero attached hydrogens (tertiary/aromatic N) is 4. The minimum absolute atomic E-state index is 0.0100. The highest BCUT2D eigenvalue weighted by molar-refractivity contribution is 5.76. The molecular weight excluding hydrogens is 320 g/mol. The van der Waals surface area contributed by atoms with Crippen molar-refractivity contribution in [1.82, 2.24) is 14.0 Å². The van der Waals surface area contributed by atoms with Crippen molar-refractivity contribution >= 4 is 5.91 Å². The summed E-state index contributed by atoms with van der Waals surface area (Å²) in [5.74, 6) is 0.314. The van der Waals surface area contributed by atoms with Crippen molar-refractivity contribution in [2.75, 3.05) is 13.1 Å². The summed E-state index contributed by atoms with van der Waals surface area (Å²) >= 11 is 0. The molecule has 2 rings (SSSR count). The molecule has 25 heavy (non-hydrogen) atoms. The first-order chi connectivity index (χ1) is 11.8. The molecule has 0 atom stereocenters. The normalized spacial score (nSPS) is 13.2. The Morgan fingerprint density at radius 3 is 2.32 bits per heavy atom. The maximum absolute atomic E-state index is 12.7. The average molecular weight is 346 g/mol. The smallest absolute Gasteiger partial charge is 0.331 e. The second-order valence-corrected chi connectivity index (χ2v) is 7.45. The molecule has 1 aliphatic heterocycles. The lowest BCUT2D eigenvalue weighted by molar-refractivity contribution is -0.133. The van der Waals surface area contributed by atoms with Gasteiger partial charge in [0.2, 0.25) is 5.91 Å². The predicted molar refractivity (Wildman–Crippen MR) is 94.3 cm³/mol. The molecule has 0 bridgehead atoms. The van der Waals surface area contributed by atoms with E-state index in [2.05, 4.69) is 0 Å². The minimum atomic E-state index is -0.650. The van der Waals surface area contributed by atoms with Crippen molar-refractivity contribution in [3.63, 3.8) is 0 Å². The van der Waals surface area contributed by atoms with E-state index in [9.17, 15) is 19.6 Å². The third-order valence-corrected chi connectivity index (χ3v) is 4.26. The molecule has 0 saturated heterocycles. The summed E-state index contributed by atoms with van der Waals surface area (Å²) < 4.78 is 2.38. The van der Waals surface area contributed by atoms with Crippen LogP contribution >= 0.6 is 0 Å². The lowest BCUT2D eigenvalue weighted by Gasteiger charge is -2.26. The van der Waals surface area contributed by atoms with Crippen LogP contribution in [0.4, 0.5) is 0 Å². The quantitative estimate of drug-likeness (QED) is 0.768. The van der Waals surface area contributed by atoms with Crippen LogP contribution in [0.25, 0.3) is 0 Å². The molecule has 7 heteroatoms. The molecule has 1 aromatic rings. The van der Waals surface area contributed by atoms with Gasteiger partial charge in [0.25, 0.3) is 5.56 Å². The van der Waals surface area contributed by atoms with Crippen molar-refractivity contribution in [2.45, 2.75) is 53.6 Å². The lowest BCUT2D eigenvalue weighted by Crippen LogP contribution is -2.47. The summed E-state index contributed by atoms with van der Waals surface area (Å²) in [5, 5.41) is 9.31. The van der Waals surface area contributed by atoms with E-state index < -0.39 is 11.2 Å². The lowest BCUT2D eigenvalue weighted by atomic mass is 10.1. The van der Waals surface area contributed by atoms with Crippen molar-refractivity contribution in [2.24, 2.45) is 11.8 Å². The van der Waals surface area contributed by atoms with E-state index in [4.69, 9.17) is 0 Å². The number of nitriles is 1. The van der Waals surface area contributed by atoms with Gasteiger partial charge >= 0.3 is 5.69 Å². The molecule has 0 unspecified atom stereocenters. The summed E-state index contributed by atoms with van der Waals surface area (Å²) in [6.07, 6.45) is 1.28. The van der Waals surface area contributed by atoms with E-state index in [1.54, 1.807) is 4.90 Å². The molecule has 0 saturated carbocycles. The fourth-order valence-corrected chi connectivity index (χ4v) is 3.28. The summed E-state index contributed by atoms with van der Waals surface area (Å²) in [6.45, 7) is 9.39. The van der Waals surface area contributed by atoms with Crippen LogP contribution in [0.5, 0.6) is 0 Å². The van der Waals surface area contributed by atoms with Crippen LogP contribution in [0.3, 0.4) is 0 Å². The zero-order valence-corrected chi connectivity index (χ0v) is 15.4. The highest BCUT2D eigenvalue weighted by Crippen LogP contribution is 2.13. The van der Waals surface area contributed by atoms with Gasteiger partial charge in [0, 0.05) is 25.3 Å². The predicted octanol–water partition coefficient (Wildman–Crippen LogP) is 0.968. The Morgan fingerprint density at radius 2 is 1.80 bits per heavy atom. The van der Waals surface area contributed by atoms with Crippen molar-refractivity contribution in [3.8, 4) is 6.07 Å². The number of fused-ring (bicyclic) bond motifs is 1. The fraction of sp³-hybridized carbons (Fsp3) is 0.667. The monoisotopic (exact) mass is 346 g/mol. The number of amides is 1. The summed E-state index contributed by atoms with van der Waals surface area (Å²) in [4.78, 5) is 39.6. The zero-order valence-electron chi connectivity index (χ0n) is 15.4. The van der Waals surface area contributed by atoms with Gasteiger partial charge in [-0.3, -0.25) is 14.2 Å². The second kappa shape index (κ2) is 7.68. The average Bonchev–Trinajstić information content (AvgIpc) is 2.99. The Morgan fingerprint density at radius 1 is 1.20 bits per heavy atom. The zero-order chi connectivity index (χ0) is 18.7. The molecule has 136 valence electrons. The minimum Gasteiger partial charge on any atom is -0.341 e. The standard InChI is InChI=1S/C18H26N4O3/c1-12(2)9-20(10-13(3)4)16(23)11-22-17(24)14(8-19)15-6-5-7-21(15)18(22)25/h12-13H,5-7,9-11H2,1-4H3. The number of hydrogen-bond acceptors (Lipinski definition) is 4. The molecule has 2 heterocycles. The van der Waals surface area contributed by atoms with Crippen molar-refractivity contribution in [3.05, 3.63) is 32.1 Å². The van der Waals surface area contributed by atoms with E-state index in [0.29, 0.717) is 31.7 Å². The second-order valence-electron chi connectivity index (χ2n) is 7.45. The number of aromatic nitrogens is 2. The molecule has 1 aromatic heterocycles. The number of carbonyl (C=O) groups excluding carboxylic acids is 1. The van der Waals surface area contributed by atoms with Gasteiger partial charge < -0.3 is 4.90 Å². The first-order valence-electron chi connectivity index (χ1n) is 8.80. The SMILES string of the molecule is CC(C)CN(CC(C)C)C(=O)Cn1c(=O)c(C#N)c2n(c1=O)CCC2. The van der Waals surface area contributed by atoms with Gasteiger partial charge in [0.15, 0.2) is 0 Å². The van der Waals surface area contributed by atoms with Gasteiger partial charge in [-0.05, 0) is 24.7 Å². The Balaban J connectivity index is 2.39. The van der Waals surface area contributed by atoms with E-state index in [1.807, 2.05) is 33.8 Å². The molecule has 7 nitrogen and oxygen atoms in total. The molecule has 0 N–H and O–H groups in total. The van der Waals surface area contributed by atoms with E-state index in [0.717, 1.165) is 11.0 Å². The highest BCUT2D eigenvalue weighted by atomic mass is 16.2. The topological polar surface area (TPSA) is 88.1 Å². The first-order valence-corrected chi connectivity index (χ1v) is 8.80. The van der Waals surface area contributed by atoms with Crippen molar-refractivity contribution < 1.29 is 4.79 Å². The molecular formula is C18H26N4O3. The molecule has 1 amide bonds. The number of rotatable bonds is 6. The van der Waals surface area contributed by atoms with Crippen LogP contribution in [-0.4, -0.2) is 33.0 Å². The fourth-order valence-electron chi connectivity index (χ4n) is 3.28. The highest BCUT2D eigenvalue weighted by Gasteiger charge is 2.25. The first kappa shape index (κ1) is 19.0. The Hall–Kier alpha value is -2.36. The molecule has 0 radical (unpaired) electrons. The maximum Gasteiger partial charge on any atom is 0.331 e. The van der Waals surface area contributed by atoms with Crippen LogP contribution in [0.2, 0.25) is 0 Å². The third-order valence-electron chi connectivity index (χ3n) is 4.26. The maximum atomic E-state index is 12.7. The van der Waals surface area contributed by atoms with E-state index >= 15 is 0 Å². The number of hydrogen-bond donors (Lipinski definition) is 0. The van der Waals surface area contributed by atoms with Crippen LogP contribution in [0, 0.1) is 23.2 Å². The van der Waals surface area contributed by atoms with E-state index in [1.165, 1.54) is 4.57 Å². The Kier molecular flexibility index (Phi) is 5.83. The van der Waals surface area contributed by atoms with Gasteiger partial charge in [-0.25, -0.2) is 9.36 Å². The van der Waals surface area contributed by atoms with Gasteiger partial charge in [0.05, 0.1) is 0 Å². The van der Waals surface area contributed by atoms with Gasteiger partial charge in [-0.1, -0.05) is 27.7 Å². The van der Waals surface area contributed by atoms with Gasteiger partial charge in [0.1, 0.15) is 18.2 Å². The van der Waals surface area contributed by atoms with Crippen LogP contribution in [-0.2, 0) is 24.3 Å².